The lowest BCUT2D eigenvalue weighted by Gasteiger charge is -2.31. The number of hydrogen-bond acceptors (Lipinski definition) is 4. The standard InChI is InChI=1S/C13H25N3O3/c1-9(12(18)16-13(19)14-2)15-7-10-5-3-4-6-11(10)8-17/h9-11,15,17H,3-8H2,1-2H3,(H2,14,16,18,19). The molecule has 3 atom stereocenters. The molecule has 19 heavy (non-hydrogen) atoms. The summed E-state index contributed by atoms with van der Waals surface area (Å²) in [5, 5.41) is 17.1. The lowest BCUT2D eigenvalue weighted by Crippen LogP contribution is -2.48. The van der Waals surface area contributed by atoms with Crippen molar-refractivity contribution in [3.63, 3.8) is 0 Å². The Kier molecular flexibility index (Phi) is 6.80. The Morgan fingerprint density at radius 2 is 1.89 bits per heavy atom. The molecule has 0 radical (unpaired) electrons. The van der Waals surface area contributed by atoms with E-state index in [9.17, 15) is 14.7 Å². The van der Waals surface area contributed by atoms with Crippen LogP contribution in [-0.2, 0) is 4.79 Å². The Labute approximate surface area is 114 Å². The van der Waals surface area contributed by atoms with Crippen LogP contribution in [-0.4, -0.2) is 43.3 Å². The Balaban J connectivity index is 2.33. The molecule has 1 aliphatic carbocycles. The minimum atomic E-state index is -0.496. The fraction of sp³-hybridized carbons (Fsp3) is 0.846. The predicted molar refractivity (Wildman–Crippen MR) is 72.6 cm³/mol. The van der Waals surface area contributed by atoms with Crippen LogP contribution in [0.2, 0.25) is 0 Å². The number of imide groups is 1. The number of aliphatic hydroxyl groups excluding tert-OH is 1. The molecule has 1 rings (SSSR count). The molecule has 6 heteroatoms. The third-order valence-corrected chi connectivity index (χ3v) is 3.84. The Morgan fingerprint density at radius 3 is 2.47 bits per heavy atom. The molecular weight excluding hydrogens is 246 g/mol. The van der Waals surface area contributed by atoms with Gasteiger partial charge in [0, 0.05) is 13.7 Å². The number of urea groups is 1. The quantitative estimate of drug-likeness (QED) is 0.576. The van der Waals surface area contributed by atoms with Gasteiger partial charge < -0.3 is 15.7 Å². The Hall–Kier alpha value is -1.14. The highest BCUT2D eigenvalue weighted by Crippen LogP contribution is 2.29. The summed E-state index contributed by atoms with van der Waals surface area (Å²) in [6.45, 7) is 2.65. The van der Waals surface area contributed by atoms with Gasteiger partial charge in [0.1, 0.15) is 0 Å². The van der Waals surface area contributed by atoms with Crippen LogP contribution in [0.4, 0.5) is 4.79 Å². The molecule has 0 aromatic carbocycles. The Bertz CT molecular complexity index is 310. The maximum Gasteiger partial charge on any atom is 0.321 e. The molecule has 1 saturated carbocycles. The van der Waals surface area contributed by atoms with Crippen molar-refractivity contribution < 1.29 is 14.7 Å². The van der Waals surface area contributed by atoms with Crippen molar-refractivity contribution in [2.75, 3.05) is 20.2 Å². The van der Waals surface area contributed by atoms with Gasteiger partial charge >= 0.3 is 6.03 Å². The molecule has 0 aliphatic heterocycles. The van der Waals surface area contributed by atoms with Gasteiger partial charge in [-0.25, -0.2) is 4.79 Å². The highest BCUT2D eigenvalue weighted by molar-refractivity contribution is 5.96. The van der Waals surface area contributed by atoms with Gasteiger partial charge in [0.05, 0.1) is 6.04 Å². The summed E-state index contributed by atoms with van der Waals surface area (Å²) in [6, 6.07) is -0.914. The minimum absolute atomic E-state index is 0.213. The number of carbonyl (C=O) groups excluding carboxylic acids is 2. The van der Waals surface area contributed by atoms with Gasteiger partial charge in [-0.1, -0.05) is 12.8 Å². The lowest BCUT2D eigenvalue weighted by molar-refractivity contribution is -0.121. The van der Waals surface area contributed by atoms with Crippen LogP contribution in [0.15, 0.2) is 0 Å². The summed E-state index contributed by atoms with van der Waals surface area (Å²) in [7, 11) is 1.47. The summed E-state index contributed by atoms with van der Waals surface area (Å²) >= 11 is 0. The van der Waals surface area contributed by atoms with Gasteiger partial charge in [0.2, 0.25) is 5.91 Å². The van der Waals surface area contributed by atoms with Crippen molar-refractivity contribution >= 4 is 11.9 Å². The number of aliphatic hydroxyl groups is 1. The summed E-state index contributed by atoms with van der Waals surface area (Å²) in [4.78, 5) is 22.7. The van der Waals surface area contributed by atoms with E-state index in [1.54, 1.807) is 6.92 Å². The molecule has 0 saturated heterocycles. The molecule has 6 nitrogen and oxygen atoms in total. The van der Waals surface area contributed by atoms with Crippen molar-refractivity contribution in [1.82, 2.24) is 16.0 Å². The number of amides is 3. The number of carbonyl (C=O) groups is 2. The van der Waals surface area contributed by atoms with Gasteiger partial charge in [-0.15, -0.1) is 0 Å². The normalized spacial score (nSPS) is 24.6. The summed E-state index contributed by atoms with van der Waals surface area (Å²) < 4.78 is 0. The van der Waals surface area contributed by atoms with E-state index in [1.807, 2.05) is 0 Å². The van der Waals surface area contributed by atoms with E-state index in [0.717, 1.165) is 12.8 Å². The van der Waals surface area contributed by atoms with E-state index in [1.165, 1.54) is 19.9 Å². The first-order valence-corrected chi connectivity index (χ1v) is 6.95. The molecule has 1 aliphatic rings. The topological polar surface area (TPSA) is 90.5 Å². The molecular formula is C13H25N3O3. The summed E-state index contributed by atoms with van der Waals surface area (Å²) in [5.41, 5.74) is 0. The number of hydrogen-bond donors (Lipinski definition) is 4. The number of nitrogens with one attached hydrogen (secondary N) is 3. The molecule has 0 bridgehead atoms. The van der Waals surface area contributed by atoms with Crippen LogP contribution in [0.1, 0.15) is 32.6 Å². The van der Waals surface area contributed by atoms with Crippen molar-refractivity contribution in [2.24, 2.45) is 11.8 Å². The second kappa shape index (κ2) is 8.12. The molecule has 1 fully saturated rings. The van der Waals surface area contributed by atoms with E-state index in [-0.39, 0.29) is 12.5 Å². The maximum atomic E-state index is 11.7. The molecule has 110 valence electrons. The second-order valence-corrected chi connectivity index (χ2v) is 5.19. The van der Waals surface area contributed by atoms with Crippen LogP contribution in [0.25, 0.3) is 0 Å². The van der Waals surface area contributed by atoms with Crippen molar-refractivity contribution in [1.29, 1.82) is 0 Å². The second-order valence-electron chi connectivity index (χ2n) is 5.19. The molecule has 3 amide bonds. The average Bonchev–Trinajstić information content (AvgIpc) is 2.44. The SMILES string of the molecule is CNC(=O)NC(=O)C(C)NCC1CCCCC1CO. The molecule has 0 heterocycles. The third-order valence-electron chi connectivity index (χ3n) is 3.84. The average molecular weight is 271 g/mol. The largest absolute Gasteiger partial charge is 0.396 e. The zero-order valence-corrected chi connectivity index (χ0v) is 11.7. The molecule has 4 N–H and O–H groups in total. The monoisotopic (exact) mass is 271 g/mol. The van der Waals surface area contributed by atoms with Crippen molar-refractivity contribution in [3.05, 3.63) is 0 Å². The first kappa shape index (κ1) is 15.9. The predicted octanol–water partition coefficient (Wildman–Crippen LogP) is 0.219. The van der Waals surface area contributed by atoms with E-state index < -0.39 is 12.1 Å². The Morgan fingerprint density at radius 1 is 1.26 bits per heavy atom. The summed E-state index contributed by atoms with van der Waals surface area (Å²) in [6.07, 6.45) is 4.50. The minimum Gasteiger partial charge on any atom is -0.396 e. The zero-order chi connectivity index (χ0) is 14.3. The van der Waals surface area contributed by atoms with E-state index in [4.69, 9.17) is 0 Å². The fourth-order valence-corrected chi connectivity index (χ4v) is 2.50. The van der Waals surface area contributed by atoms with Crippen LogP contribution in [0, 0.1) is 11.8 Å². The van der Waals surface area contributed by atoms with Gasteiger partial charge in [0.15, 0.2) is 0 Å². The fourth-order valence-electron chi connectivity index (χ4n) is 2.50. The van der Waals surface area contributed by atoms with Crippen LogP contribution in [0.3, 0.4) is 0 Å². The first-order valence-electron chi connectivity index (χ1n) is 6.95. The molecule has 0 aromatic heterocycles. The van der Waals surface area contributed by atoms with Gasteiger partial charge in [-0.05, 0) is 38.1 Å². The van der Waals surface area contributed by atoms with Gasteiger partial charge in [0.25, 0.3) is 0 Å². The molecule has 0 spiro atoms. The highest BCUT2D eigenvalue weighted by atomic mass is 16.3. The van der Waals surface area contributed by atoms with E-state index in [2.05, 4.69) is 16.0 Å². The smallest absolute Gasteiger partial charge is 0.321 e. The number of rotatable bonds is 5. The van der Waals surface area contributed by atoms with Crippen molar-refractivity contribution in [2.45, 2.75) is 38.6 Å². The van der Waals surface area contributed by atoms with Crippen LogP contribution < -0.4 is 16.0 Å². The van der Waals surface area contributed by atoms with Crippen LogP contribution in [0.5, 0.6) is 0 Å². The molecule has 0 aromatic rings. The maximum absolute atomic E-state index is 11.7. The van der Waals surface area contributed by atoms with Gasteiger partial charge in [-0.2, -0.15) is 0 Å². The summed E-state index contributed by atoms with van der Waals surface area (Å²) in [5.74, 6) is 0.403. The lowest BCUT2D eigenvalue weighted by atomic mass is 9.79. The molecule has 3 unspecified atom stereocenters. The van der Waals surface area contributed by atoms with E-state index >= 15 is 0 Å². The van der Waals surface area contributed by atoms with E-state index in [0.29, 0.717) is 18.4 Å². The third kappa shape index (κ3) is 5.16. The first-order chi connectivity index (χ1) is 9.08. The highest BCUT2D eigenvalue weighted by Gasteiger charge is 2.25. The van der Waals surface area contributed by atoms with Crippen molar-refractivity contribution in [3.8, 4) is 0 Å². The van der Waals surface area contributed by atoms with Crippen LogP contribution >= 0.6 is 0 Å². The van der Waals surface area contributed by atoms with Gasteiger partial charge in [-0.3, -0.25) is 10.1 Å². The zero-order valence-electron chi connectivity index (χ0n) is 11.7.